The number of hydrogen-bond acceptors (Lipinski definition) is 3. The number of hydrogen-bond donors (Lipinski definition) is 1. The van der Waals surface area contributed by atoms with Gasteiger partial charge in [-0.3, -0.25) is 4.79 Å². The van der Waals surface area contributed by atoms with E-state index >= 15 is 0 Å². The van der Waals surface area contributed by atoms with E-state index in [1.165, 1.54) is 12.1 Å². The standard InChI is InChI=1S/C14H17F2NO3/c15-14(16)20-12-5-3-10(4-6-12)8-13(19)17-7-1-2-11(18)9-17/h3-6,11,14,18H,1-2,7-9H2/t11-/m1/s1. The Hall–Kier alpha value is -1.69. The molecule has 0 aromatic heterocycles. The molecule has 6 heteroatoms. The van der Waals surface area contributed by atoms with E-state index in [1.54, 1.807) is 17.0 Å². The van der Waals surface area contributed by atoms with E-state index in [-0.39, 0.29) is 18.1 Å². The van der Waals surface area contributed by atoms with Gasteiger partial charge in [0.05, 0.1) is 12.5 Å². The molecule has 20 heavy (non-hydrogen) atoms. The fourth-order valence-corrected chi connectivity index (χ4v) is 2.26. The summed E-state index contributed by atoms with van der Waals surface area (Å²) in [6.45, 7) is -1.83. The molecule has 1 atom stereocenters. The normalized spacial score (nSPS) is 19.2. The molecule has 0 aliphatic carbocycles. The van der Waals surface area contributed by atoms with E-state index in [1.807, 2.05) is 0 Å². The molecule has 1 heterocycles. The van der Waals surface area contributed by atoms with Crippen LogP contribution in [0, 0.1) is 0 Å². The Kier molecular flexibility index (Phi) is 4.89. The van der Waals surface area contributed by atoms with E-state index in [4.69, 9.17) is 0 Å². The predicted octanol–water partition coefficient (Wildman–Crippen LogP) is 1.81. The van der Waals surface area contributed by atoms with Gasteiger partial charge in [-0.2, -0.15) is 8.78 Å². The molecule has 1 N–H and O–H groups in total. The summed E-state index contributed by atoms with van der Waals surface area (Å²) >= 11 is 0. The van der Waals surface area contributed by atoms with Gasteiger partial charge in [-0.15, -0.1) is 0 Å². The summed E-state index contributed by atoms with van der Waals surface area (Å²) in [7, 11) is 0. The zero-order chi connectivity index (χ0) is 14.5. The lowest BCUT2D eigenvalue weighted by Gasteiger charge is -2.30. The van der Waals surface area contributed by atoms with Crippen LogP contribution in [0.1, 0.15) is 18.4 Å². The smallest absolute Gasteiger partial charge is 0.387 e. The number of aliphatic hydroxyl groups excluding tert-OH is 1. The van der Waals surface area contributed by atoms with Crippen molar-refractivity contribution in [3.63, 3.8) is 0 Å². The van der Waals surface area contributed by atoms with Crippen molar-refractivity contribution in [2.45, 2.75) is 32.0 Å². The maximum atomic E-state index is 12.0. The number of nitrogens with zero attached hydrogens (tertiary/aromatic N) is 1. The molecule has 2 rings (SSSR count). The number of alkyl halides is 2. The summed E-state index contributed by atoms with van der Waals surface area (Å²) in [5.41, 5.74) is 0.733. The zero-order valence-corrected chi connectivity index (χ0v) is 11.0. The maximum absolute atomic E-state index is 12.0. The lowest BCUT2D eigenvalue weighted by atomic mass is 10.1. The number of rotatable bonds is 4. The molecule has 0 radical (unpaired) electrons. The van der Waals surface area contributed by atoms with Crippen LogP contribution >= 0.6 is 0 Å². The van der Waals surface area contributed by atoms with Gasteiger partial charge in [-0.1, -0.05) is 12.1 Å². The number of carbonyl (C=O) groups excluding carboxylic acids is 1. The first kappa shape index (κ1) is 14.7. The Labute approximate surface area is 116 Å². The van der Waals surface area contributed by atoms with Crippen molar-refractivity contribution < 1.29 is 23.4 Å². The Morgan fingerprint density at radius 2 is 2.10 bits per heavy atom. The van der Waals surface area contributed by atoms with Crippen LogP contribution in [0.4, 0.5) is 8.78 Å². The summed E-state index contributed by atoms with van der Waals surface area (Å²) in [5, 5.41) is 9.53. The highest BCUT2D eigenvalue weighted by Gasteiger charge is 2.21. The fourth-order valence-electron chi connectivity index (χ4n) is 2.26. The SMILES string of the molecule is O=C(Cc1ccc(OC(F)F)cc1)N1CCC[C@@H](O)C1. The van der Waals surface area contributed by atoms with E-state index in [0.717, 1.165) is 18.4 Å². The molecule has 1 saturated heterocycles. The summed E-state index contributed by atoms with van der Waals surface area (Å²) in [6, 6.07) is 6.02. The third-order valence-corrected chi connectivity index (χ3v) is 3.25. The van der Waals surface area contributed by atoms with Crippen molar-refractivity contribution in [2.75, 3.05) is 13.1 Å². The molecule has 0 bridgehead atoms. The third kappa shape index (κ3) is 4.16. The van der Waals surface area contributed by atoms with Crippen LogP contribution < -0.4 is 4.74 Å². The summed E-state index contributed by atoms with van der Waals surface area (Å²) < 4.78 is 28.3. The van der Waals surface area contributed by atoms with Crippen LogP contribution in [0.25, 0.3) is 0 Å². The molecule has 0 saturated carbocycles. The number of benzene rings is 1. The molecule has 1 aliphatic rings. The Bertz CT molecular complexity index is 450. The van der Waals surface area contributed by atoms with Gasteiger partial charge in [0, 0.05) is 13.1 Å². The van der Waals surface area contributed by atoms with Gasteiger partial charge in [-0.25, -0.2) is 0 Å². The van der Waals surface area contributed by atoms with Crippen LogP contribution in [0.3, 0.4) is 0 Å². The van der Waals surface area contributed by atoms with Gasteiger partial charge >= 0.3 is 6.61 Å². The van der Waals surface area contributed by atoms with Gasteiger partial charge in [-0.05, 0) is 30.5 Å². The van der Waals surface area contributed by atoms with Crippen molar-refractivity contribution in [1.82, 2.24) is 4.90 Å². The molecule has 0 spiro atoms. The Morgan fingerprint density at radius 1 is 1.40 bits per heavy atom. The first-order valence-electron chi connectivity index (χ1n) is 6.54. The van der Waals surface area contributed by atoms with Gasteiger partial charge < -0.3 is 14.7 Å². The topological polar surface area (TPSA) is 49.8 Å². The number of ether oxygens (including phenoxy) is 1. The van der Waals surface area contributed by atoms with Crippen molar-refractivity contribution in [2.24, 2.45) is 0 Å². The second kappa shape index (κ2) is 6.65. The van der Waals surface area contributed by atoms with Gasteiger partial charge in [0.2, 0.25) is 5.91 Å². The third-order valence-electron chi connectivity index (χ3n) is 3.25. The largest absolute Gasteiger partial charge is 0.435 e. The number of amides is 1. The average Bonchev–Trinajstić information content (AvgIpc) is 2.40. The highest BCUT2D eigenvalue weighted by molar-refractivity contribution is 5.79. The van der Waals surface area contributed by atoms with Crippen molar-refractivity contribution in [3.05, 3.63) is 29.8 Å². The fraction of sp³-hybridized carbons (Fsp3) is 0.500. The molecule has 1 aromatic carbocycles. The van der Waals surface area contributed by atoms with Gasteiger partial charge in [0.25, 0.3) is 0 Å². The minimum atomic E-state index is -2.85. The lowest BCUT2D eigenvalue weighted by molar-refractivity contribution is -0.133. The van der Waals surface area contributed by atoms with Crippen molar-refractivity contribution in [1.29, 1.82) is 0 Å². The molecule has 4 nitrogen and oxygen atoms in total. The summed E-state index contributed by atoms with van der Waals surface area (Å²) in [4.78, 5) is 13.7. The Morgan fingerprint density at radius 3 is 2.70 bits per heavy atom. The summed E-state index contributed by atoms with van der Waals surface area (Å²) in [6.07, 6.45) is 1.27. The number of aliphatic hydroxyl groups is 1. The quantitative estimate of drug-likeness (QED) is 0.918. The summed E-state index contributed by atoms with van der Waals surface area (Å²) in [5.74, 6) is 0.0101. The number of piperidine rings is 1. The van der Waals surface area contributed by atoms with E-state index < -0.39 is 12.7 Å². The second-order valence-electron chi connectivity index (χ2n) is 4.84. The van der Waals surface area contributed by atoms with E-state index in [2.05, 4.69) is 4.74 Å². The van der Waals surface area contributed by atoms with Crippen molar-refractivity contribution >= 4 is 5.91 Å². The predicted molar refractivity (Wildman–Crippen MR) is 68.6 cm³/mol. The first-order chi connectivity index (χ1) is 9.54. The molecule has 1 amide bonds. The average molecular weight is 285 g/mol. The zero-order valence-electron chi connectivity index (χ0n) is 11.0. The van der Waals surface area contributed by atoms with E-state index in [0.29, 0.717) is 13.1 Å². The highest BCUT2D eigenvalue weighted by Crippen LogP contribution is 2.17. The Balaban J connectivity index is 1.90. The van der Waals surface area contributed by atoms with Crippen LogP contribution in [0.15, 0.2) is 24.3 Å². The van der Waals surface area contributed by atoms with Crippen molar-refractivity contribution in [3.8, 4) is 5.75 Å². The maximum Gasteiger partial charge on any atom is 0.387 e. The van der Waals surface area contributed by atoms with Crippen LogP contribution in [0.5, 0.6) is 5.75 Å². The molecule has 110 valence electrons. The molecular formula is C14H17F2NO3. The number of β-amino-alcohol motifs (C(OH)–C–C–N with tert-alkyl or cyclic N) is 1. The highest BCUT2D eigenvalue weighted by atomic mass is 19.3. The second-order valence-corrected chi connectivity index (χ2v) is 4.84. The molecule has 1 aromatic rings. The number of likely N-dealkylation sites (tertiary alicyclic amines) is 1. The van der Waals surface area contributed by atoms with Crippen LogP contribution in [-0.4, -0.2) is 41.7 Å². The van der Waals surface area contributed by atoms with Gasteiger partial charge in [0.1, 0.15) is 5.75 Å². The number of halogens is 2. The first-order valence-corrected chi connectivity index (χ1v) is 6.54. The number of carbonyl (C=O) groups is 1. The minimum Gasteiger partial charge on any atom is -0.435 e. The molecular weight excluding hydrogens is 268 g/mol. The molecule has 1 aliphatic heterocycles. The van der Waals surface area contributed by atoms with Crippen LogP contribution in [0.2, 0.25) is 0 Å². The molecule has 0 unspecified atom stereocenters. The monoisotopic (exact) mass is 285 g/mol. The van der Waals surface area contributed by atoms with E-state index in [9.17, 15) is 18.7 Å². The van der Waals surface area contributed by atoms with Crippen LogP contribution in [-0.2, 0) is 11.2 Å². The minimum absolute atomic E-state index is 0.0636. The van der Waals surface area contributed by atoms with Gasteiger partial charge in [0.15, 0.2) is 0 Å². The molecule has 1 fully saturated rings. The lowest BCUT2D eigenvalue weighted by Crippen LogP contribution is -2.42.